The van der Waals surface area contributed by atoms with Crippen LogP contribution in [0.2, 0.25) is 0 Å². The van der Waals surface area contributed by atoms with Crippen LogP contribution in [0.3, 0.4) is 0 Å². The molecule has 164 valence electrons. The van der Waals surface area contributed by atoms with Gasteiger partial charge in [-0.1, -0.05) is 6.07 Å². The molecule has 2 fully saturated rings. The van der Waals surface area contributed by atoms with Crippen molar-refractivity contribution in [2.75, 3.05) is 43.4 Å². The number of carbonyl (C=O) groups excluding carboxylic acids is 1. The van der Waals surface area contributed by atoms with Gasteiger partial charge in [-0.25, -0.2) is 13.8 Å². The van der Waals surface area contributed by atoms with Gasteiger partial charge in [0.05, 0.1) is 6.54 Å². The molecule has 2 aromatic rings. The lowest BCUT2D eigenvalue weighted by Gasteiger charge is -2.46. The van der Waals surface area contributed by atoms with Gasteiger partial charge < -0.3 is 15.1 Å². The summed E-state index contributed by atoms with van der Waals surface area (Å²) in [5.74, 6) is -2.22. The van der Waals surface area contributed by atoms with Crippen LogP contribution in [-0.2, 0) is 4.79 Å². The molecule has 10 heteroatoms. The number of piperidine rings is 1. The summed E-state index contributed by atoms with van der Waals surface area (Å²) < 4.78 is 29.2. The second-order valence-corrected chi connectivity index (χ2v) is 8.56. The van der Waals surface area contributed by atoms with E-state index < -0.39 is 24.4 Å². The van der Waals surface area contributed by atoms with Crippen LogP contribution in [0.1, 0.15) is 30.5 Å². The van der Waals surface area contributed by atoms with E-state index in [0.717, 1.165) is 5.69 Å². The van der Waals surface area contributed by atoms with E-state index in [1.165, 1.54) is 11.0 Å². The Bertz CT molecular complexity index is 1070. The van der Waals surface area contributed by atoms with Crippen molar-refractivity contribution in [3.05, 3.63) is 46.5 Å². The lowest BCUT2D eigenvalue weighted by molar-refractivity contribution is -0.137. The second kappa shape index (κ2) is 7.28. The first kappa shape index (κ1) is 19.9. The molecule has 5 heterocycles. The predicted molar refractivity (Wildman–Crippen MR) is 111 cm³/mol. The quantitative estimate of drug-likeness (QED) is 0.798. The summed E-state index contributed by atoms with van der Waals surface area (Å²) in [7, 11) is 1.78. The minimum atomic E-state index is -2.88. The van der Waals surface area contributed by atoms with Gasteiger partial charge in [-0.15, -0.1) is 0 Å². The van der Waals surface area contributed by atoms with E-state index in [2.05, 4.69) is 15.3 Å². The Morgan fingerprint density at radius 2 is 2.10 bits per heavy atom. The zero-order valence-electron chi connectivity index (χ0n) is 17.2. The number of aromatic nitrogens is 3. The standard InChI is InChI=1S/C21H24F2N6O2/c1-24-16-5-7-25-20(26-16)28-10-13-9-14(11-28)18(29-15(13)3-2-4-17(29)30)19(31)27-8-6-21(22,23)12-27/h2-5,7,13-14,18H,6,8-12H2,1H3,(H,24,25,26)/t13-,14+,18-/m1/s1. The normalized spacial score (nSPS) is 26.5. The van der Waals surface area contributed by atoms with E-state index in [9.17, 15) is 18.4 Å². The third-order valence-corrected chi connectivity index (χ3v) is 6.56. The number of halogens is 2. The molecule has 3 aliphatic heterocycles. The zero-order valence-corrected chi connectivity index (χ0v) is 17.2. The molecule has 0 aliphatic carbocycles. The summed E-state index contributed by atoms with van der Waals surface area (Å²) in [5.41, 5.74) is 0.501. The molecule has 2 saturated heterocycles. The lowest BCUT2D eigenvalue weighted by Crippen LogP contribution is -2.54. The molecular formula is C21H24F2N6O2. The predicted octanol–water partition coefficient (Wildman–Crippen LogP) is 1.71. The Balaban J connectivity index is 1.53. The lowest BCUT2D eigenvalue weighted by atomic mass is 9.78. The third-order valence-electron chi connectivity index (χ3n) is 6.56. The molecule has 3 aliphatic rings. The molecule has 0 radical (unpaired) electrons. The van der Waals surface area contributed by atoms with Crippen LogP contribution in [-0.4, -0.2) is 64.5 Å². The van der Waals surface area contributed by atoms with E-state index in [0.29, 0.717) is 31.3 Å². The van der Waals surface area contributed by atoms with Gasteiger partial charge in [-0.3, -0.25) is 14.2 Å². The SMILES string of the molecule is CNc1ccnc(N2C[C@H]3C[C@@H](C2)[C@H](C(=O)N2CCC(F)(F)C2)n2c3cccc2=O)n1. The smallest absolute Gasteiger partial charge is 0.267 e. The van der Waals surface area contributed by atoms with Crippen LogP contribution in [0, 0.1) is 5.92 Å². The number of alkyl halides is 2. The monoisotopic (exact) mass is 430 g/mol. The molecule has 0 saturated carbocycles. The van der Waals surface area contributed by atoms with E-state index in [4.69, 9.17) is 0 Å². The molecule has 1 N–H and O–H groups in total. The Labute approximate surface area is 177 Å². The molecule has 8 nitrogen and oxygen atoms in total. The van der Waals surface area contributed by atoms with Crippen LogP contribution in [0.5, 0.6) is 0 Å². The first-order chi connectivity index (χ1) is 14.9. The van der Waals surface area contributed by atoms with Crippen molar-refractivity contribution in [1.29, 1.82) is 0 Å². The number of anilines is 2. The second-order valence-electron chi connectivity index (χ2n) is 8.56. The van der Waals surface area contributed by atoms with Crippen molar-refractivity contribution in [3.63, 3.8) is 0 Å². The first-order valence-corrected chi connectivity index (χ1v) is 10.5. The van der Waals surface area contributed by atoms with Gasteiger partial charge >= 0.3 is 0 Å². The highest BCUT2D eigenvalue weighted by atomic mass is 19.3. The maximum atomic E-state index is 13.8. The van der Waals surface area contributed by atoms with Crippen molar-refractivity contribution in [2.45, 2.75) is 30.7 Å². The zero-order chi connectivity index (χ0) is 21.8. The average Bonchev–Trinajstić information content (AvgIpc) is 3.14. The number of fused-ring (bicyclic) bond motifs is 4. The highest BCUT2D eigenvalue weighted by Crippen LogP contribution is 2.43. The van der Waals surface area contributed by atoms with Crippen LogP contribution < -0.4 is 15.8 Å². The summed E-state index contributed by atoms with van der Waals surface area (Å²) in [4.78, 5) is 38.4. The fourth-order valence-electron chi connectivity index (χ4n) is 5.17. The van der Waals surface area contributed by atoms with Gasteiger partial charge in [0.15, 0.2) is 0 Å². The van der Waals surface area contributed by atoms with Crippen molar-refractivity contribution in [3.8, 4) is 0 Å². The van der Waals surface area contributed by atoms with Gasteiger partial charge in [0.1, 0.15) is 11.9 Å². The van der Waals surface area contributed by atoms with Gasteiger partial charge in [0, 0.05) is 62.9 Å². The largest absolute Gasteiger partial charge is 0.373 e. The molecule has 3 atom stereocenters. The molecule has 0 aromatic carbocycles. The number of nitrogens with zero attached hydrogens (tertiary/aromatic N) is 5. The summed E-state index contributed by atoms with van der Waals surface area (Å²) >= 11 is 0. The average molecular weight is 430 g/mol. The molecule has 0 spiro atoms. The van der Waals surface area contributed by atoms with Crippen LogP contribution in [0.25, 0.3) is 0 Å². The number of carbonyl (C=O) groups is 1. The van der Waals surface area contributed by atoms with E-state index >= 15 is 0 Å². The Morgan fingerprint density at radius 3 is 2.84 bits per heavy atom. The van der Waals surface area contributed by atoms with Gasteiger partial charge in [0.25, 0.3) is 11.5 Å². The third kappa shape index (κ3) is 3.43. The summed E-state index contributed by atoms with van der Waals surface area (Å²) in [6.45, 7) is 0.514. The topological polar surface area (TPSA) is 83.4 Å². The maximum Gasteiger partial charge on any atom is 0.267 e. The molecule has 1 amide bonds. The number of nitrogens with one attached hydrogen (secondary N) is 1. The van der Waals surface area contributed by atoms with Gasteiger partial charge in [-0.2, -0.15) is 4.98 Å². The van der Waals surface area contributed by atoms with Crippen LogP contribution in [0.15, 0.2) is 35.3 Å². The number of likely N-dealkylation sites (tertiary alicyclic amines) is 1. The number of hydrogen-bond acceptors (Lipinski definition) is 6. The highest BCUT2D eigenvalue weighted by Gasteiger charge is 2.48. The van der Waals surface area contributed by atoms with Crippen LogP contribution >= 0.6 is 0 Å². The van der Waals surface area contributed by atoms with Crippen molar-refractivity contribution in [2.24, 2.45) is 5.92 Å². The number of amides is 1. The molecule has 2 bridgehead atoms. The van der Waals surface area contributed by atoms with Gasteiger partial charge in [0.2, 0.25) is 11.9 Å². The molecule has 5 rings (SSSR count). The first-order valence-electron chi connectivity index (χ1n) is 10.5. The van der Waals surface area contributed by atoms with Crippen LogP contribution in [0.4, 0.5) is 20.5 Å². The minimum absolute atomic E-state index is 0.00639. The number of pyridine rings is 1. The van der Waals surface area contributed by atoms with E-state index in [1.54, 1.807) is 29.9 Å². The Kier molecular flexibility index (Phi) is 4.67. The number of hydrogen-bond donors (Lipinski definition) is 1. The number of rotatable bonds is 3. The van der Waals surface area contributed by atoms with E-state index in [-0.39, 0.29) is 30.4 Å². The summed E-state index contributed by atoms with van der Waals surface area (Å²) in [6.07, 6.45) is 2.05. The Hall–Kier alpha value is -3.04. The summed E-state index contributed by atoms with van der Waals surface area (Å²) in [5, 5.41) is 3.00. The summed E-state index contributed by atoms with van der Waals surface area (Å²) in [6, 6.07) is 5.94. The fraction of sp³-hybridized carbons (Fsp3) is 0.524. The van der Waals surface area contributed by atoms with Crippen molar-refractivity contribution in [1.82, 2.24) is 19.4 Å². The Morgan fingerprint density at radius 1 is 1.26 bits per heavy atom. The van der Waals surface area contributed by atoms with E-state index in [1.807, 2.05) is 11.0 Å². The molecular weight excluding hydrogens is 406 g/mol. The van der Waals surface area contributed by atoms with Crippen molar-refractivity contribution < 1.29 is 13.6 Å². The maximum absolute atomic E-state index is 13.8. The van der Waals surface area contributed by atoms with Gasteiger partial charge in [-0.05, 0) is 18.6 Å². The molecule has 0 unspecified atom stereocenters. The fourth-order valence-corrected chi connectivity index (χ4v) is 5.17. The highest BCUT2D eigenvalue weighted by molar-refractivity contribution is 5.82. The van der Waals surface area contributed by atoms with Crippen molar-refractivity contribution >= 4 is 17.7 Å². The minimum Gasteiger partial charge on any atom is -0.373 e. The molecule has 31 heavy (non-hydrogen) atoms. The molecule has 2 aromatic heterocycles.